The summed E-state index contributed by atoms with van der Waals surface area (Å²) in [6, 6.07) is 13.9. The zero-order chi connectivity index (χ0) is 17.6. The molecule has 2 heterocycles. The molecule has 0 aliphatic rings. The van der Waals surface area contributed by atoms with Crippen LogP contribution in [0, 0.1) is 13.8 Å². The second-order valence-corrected chi connectivity index (χ2v) is 7.17. The van der Waals surface area contributed by atoms with Gasteiger partial charge in [0.2, 0.25) is 0 Å². The Bertz CT molecular complexity index is 1160. The quantitative estimate of drug-likeness (QED) is 0.573. The highest BCUT2D eigenvalue weighted by molar-refractivity contribution is 7.18. The fraction of sp³-hybridized carbons (Fsp3) is 0.158. The van der Waals surface area contributed by atoms with Crippen LogP contribution in [0.15, 0.2) is 47.3 Å². The van der Waals surface area contributed by atoms with Crippen LogP contribution in [-0.2, 0) is 6.61 Å². The van der Waals surface area contributed by atoms with Crippen LogP contribution in [-0.4, -0.2) is 9.66 Å². The highest BCUT2D eigenvalue weighted by Crippen LogP contribution is 2.26. The van der Waals surface area contributed by atoms with E-state index in [0.29, 0.717) is 21.8 Å². The molecule has 0 atom stereocenters. The van der Waals surface area contributed by atoms with Gasteiger partial charge in [-0.25, -0.2) is 9.66 Å². The lowest BCUT2D eigenvalue weighted by molar-refractivity contribution is 0.291. The number of nitrogens with zero attached hydrogens (tertiary/aromatic N) is 2. The van der Waals surface area contributed by atoms with E-state index in [0.717, 1.165) is 25.9 Å². The van der Waals surface area contributed by atoms with Crippen LogP contribution in [0.3, 0.4) is 0 Å². The normalized spacial score (nSPS) is 11.3. The molecule has 2 N–H and O–H groups in total. The van der Waals surface area contributed by atoms with Crippen molar-refractivity contribution >= 4 is 32.3 Å². The number of nitrogens with two attached hydrogens (primary N) is 1. The van der Waals surface area contributed by atoms with Gasteiger partial charge in [-0.15, -0.1) is 11.3 Å². The van der Waals surface area contributed by atoms with E-state index < -0.39 is 0 Å². The first kappa shape index (κ1) is 15.7. The highest BCUT2D eigenvalue weighted by atomic mass is 32.1. The molecule has 126 valence electrons. The molecule has 4 rings (SSSR count). The van der Waals surface area contributed by atoms with E-state index in [-0.39, 0.29) is 12.2 Å². The SMILES string of the molecule is Cc1sc2nc(COc3ccc4ccccc4c3)n(N)c(=O)c2c1C. The van der Waals surface area contributed by atoms with Gasteiger partial charge in [0.1, 0.15) is 17.2 Å². The Morgan fingerprint density at radius 1 is 1.16 bits per heavy atom. The minimum absolute atomic E-state index is 0.135. The van der Waals surface area contributed by atoms with E-state index in [2.05, 4.69) is 4.98 Å². The first-order valence-corrected chi connectivity index (χ1v) is 8.74. The van der Waals surface area contributed by atoms with Gasteiger partial charge in [0.25, 0.3) is 5.56 Å². The Morgan fingerprint density at radius 3 is 2.72 bits per heavy atom. The van der Waals surface area contributed by atoms with E-state index in [4.69, 9.17) is 10.6 Å². The molecule has 0 saturated carbocycles. The molecule has 6 heteroatoms. The summed E-state index contributed by atoms with van der Waals surface area (Å²) in [5, 5.41) is 2.84. The minimum atomic E-state index is -0.232. The lowest BCUT2D eigenvalue weighted by Gasteiger charge is -2.10. The van der Waals surface area contributed by atoms with Crippen LogP contribution in [0.25, 0.3) is 21.0 Å². The summed E-state index contributed by atoms with van der Waals surface area (Å²) >= 11 is 1.50. The van der Waals surface area contributed by atoms with Crippen molar-refractivity contribution < 1.29 is 4.74 Å². The molecule has 0 bridgehead atoms. The summed E-state index contributed by atoms with van der Waals surface area (Å²) in [4.78, 5) is 18.8. The maximum absolute atomic E-state index is 12.5. The third-order valence-electron chi connectivity index (χ3n) is 4.40. The van der Waals surface area contributed by atoms with Crippen LogP contribution in [0.2, 0.25) is 0 Å². The Kier molecular flexibility index (Phi) is 3.69. The van der Waals surface area contributed by atoms with Crippen molar-refractivity contribution in [3.63, 3.8) is 0 Å². The molecule has 5 nitrogen and oxygen atoms in total. The van der Waals surface area contributed by atoms with Gasteiger partial charge >= 0.3 is 0 Å². The molecular weight excluding hydrogens is 334 g/mol. The zero-order valence-corrected chi connectivity index (χ0v) is 14.8. The number of ether oxygens (including phenoxy) is 1. The molecule has 0 unspecified atom stereocenters. The van der Waals surface area contributed by atoms with Gasteiger partial charge in [-0.05, 0) is 42.3 Å². The van der Waals surface area contributed by atoms with Crippen molar-refractivity contribution in [2.75, 3.05) is 5.84 Å². The van der Waals surface area contributed by atoms with Crippen molar-refractivity contribution in [1.29, 1.82) is 0 Å². The van der Waals surface area contributed by atoms with Gasteiger partial charge in [-0.3, -0.25) is 4.79 Å². The van der Waals surface area contributed by atoms with Gasteiger partial charge in [0.15, 0.2) is 5.82 Å². The summed E-state index contributed by atoms with van der Waals surface area (Å²) in [7, 11) is 0. The molecule has 0 aliphatic carbocycles. The first-order valence-electron chi connectivity index (χ1n) is 7.93. The number of thiophene rings is 1. The summed E-state index contributed by atoms with van der Waals surface area (Å²) in [6.07, 6.45) is 0. The highest BCUT2D eigenvalue weighted by Gasteiger charge is 2.15. The molecule has 0 amide bonds. The number of benzene rings is 2. The van der Waals surface area contributed by atoms with Crippen LogP contribution in [0.5, 0.6) is 5.75 Å². The number of aryl methyl sites for hydroxylation is 2. The molecule has 4 aromatic rings. The van der Waals surface area contributed by atoms with Crippen LogP contribution < -0.4 is 16.1 Å². The average Bonchev–Trinajstić information content (AvgIpc) is 2.91. The van der Waals surface area contributed by atoms with Crippen molar-refractivity contribution in [2.24, 2.45) is 0 Å². The van der Waals surface area contributed by atoms with Gasteiger partial charge in [0, 0.05) is 4.88 Å². The van der Waals surface area contributed by atoms with Crippen molar-refractivity contribution in [2.45, 2.75) is 20.5 Å². The average molecular weight is 351 g/mol. The molecule has 0 radical (unpaired) electrons. The summed E-state index contributed by atoms with van der Waals surface area (Å²) in [5.74, 6) is 7.07. The van der Waals surface area contributed by atoms with E-state index in [9.17, 15) is 4.79 Å². The smallest absolute Gasteiger partial charge is 0.281 e. The van der Waals surface area contributed by atoms with Crippen LogP contribution >= 0.6 is 11.3 Å². The second kappa shape index (κ2) is 5.89. The molecule has 25 heavy (non-hydrogen) atoms. The molecule has 0 saturated heterocycles. The number of hydrogen-bond acceptors (Lipinski definition) is 5. The second-order valence-electron chi connectivity index (χ2n) is 5.96. The number of aromatic nitrogens is 2. The maximum Gasteiger partial charge on any atom is 0.281 e. The maximum atomic E-state index is 12.5. The number of nitrogen functional groups attached to an aromatic ring is 1. The van der Waals surface area contributed by atoms with Gasteiger partial charge in [-0.1, -0.05) is 30.3 Å². The molecular formula is C19H17N3O2S. The fourth-order valence-corrected chi connectivity index (χ4v) is 3.89. The number of rotatable bonds is 3. The third kappa shape index (κ3) is 2.64. The Labute approximate surface area is 148 Å². The lowest BCUT2D eigenvalue weighted by atomic mass is 10.1. The van der Waals surface area contributed by atoms with Crippen LogP contribution in [0.1, 0.15) is 16.3 Å². The van der Waals surface area contributed by atoms with E-state index >= 15 is 0 Å². The Balaban J connectivity index is 1.68. The van der Waals surface area contributed by atoms with E-state index in [1.807, 2.05) is 56.3 Å². The molecule has 0 spiro atoms. The predicted molar refractivity (Wildman–Crippen MR) is 102 cm³/mol. The largest absolute Gasteiger partial charge is 0.486 e. The van der Waals surface area contributed by atoms with Crippen molar-refractivity contribution in [3.05, 3.63) is 69.1 Å². The first-order chi connectivity index (χ1) is 12.0. The predicted octanol–water partition coefficient (Wildman–Crippen LogP) is 3.52. The van der Waals surface area contributed by atoms with Gasteiger partial charge < -0.3 is 10.6 Å². The number of fused-ring (bicyclic) bond motifs is 2. The standard InChI is InChI=1S/C19H17N3O2S/c1-11-12(2)25-18-17(11)19(23)22(20)16(21-18)10-24-15-8-7-13-5-3-4-6-14(13)9-15/h3-9H,10,20H2,1-2H3. The van der Waals surface area contributed by atoms with E-state index in [1.54, 1.807) is 0 Å². The molecule has 2 aromatic carbocycles. The Morgan fingerprint density at radius 2 is 1.92 bits per heavy atom. The van der Waals surface area contributed by atoms with Crippen molar-refractivity contribution in [3.8, 4) is 5.75 Å². The minimum Gasteiger partial charge on any atom is -0.486 e. The summed E-state index contributed by atoms with van der Waals surface area (Å²) in [5.41, 5.74) is 0.711. The topological polar surface area (TPSA) is 70.1 Å². The van der Waals surface area contributed by atoms with Gasteiger partial charge in [-0.2, -0.15) is 0 Å². The molecule has 2 aromatic heterocycles. The van der Waals surface area contributed by atoms with E-state index in [1.165, 1.54) is 11.3 Å². The number of hydrogen-bond donors (Lipinski definition) is 1. The third-order valence-corrected chi connectivity index (χ3v) is 5.50. The zero-order valence-electron chi connectivity index (χ0n) is 13.9. The molecule has 0 aliphatic heterocycles. The summed E-state index contributed by atoms with van der Waals surface area (Å²) < 4.78 is 6.91. The van der Waals surface area contributed by atoms with Crippen molar-refractivity contribution in [1.82, 2.24) is 9.66 Å². The monoisotopic (exact) mass is 351 g/mol. The molecule has 0 fully saturated rings. The van der Waals surface area contributed by atoms with Crippen LogP contribution in [0.4, 0.5) is 0 Å². The fourth-order valence-electron chi connectivity index (χ4n) is 2.86. The lowest BCUT2D eigenvalue weighted by Crippen LogP contribution is -2.32. The summed E-state index contributed by atoms with van der Waals surface area (Å²) in [6.45, 7) is 4.03. The Hall–Kier alpha value is -2.86. The van der Waals surface area contributed by atoms with Gasteiger partial charge in [0.05, 0.1) is 5.39 Å².